The van der Waals surface area contributed by atoms with E-state index in [1.807, 2.05) is 36.4 Å². The molecule has 220 valence electrons. The number of rotatable bonds is 9. The molecular weight excluding hydrogens is 615 g/mol. The van der Waals surface area contributed by atoms with Crippen LogP contribution in [0.15, 0.2) is 152 Å². The van der Waals surface area contributed by atoms with Crippen LogP contribution in [0.2, 0.25) is 0 Å². The Morgan fingerprint density at radius 1 is 0.636 bits per heavy atom. The van der Waals surface area contributed by atoms with Crippen LogP contribution >= 0.6 is 18.2 Å². The number of amides is 1. The molecule has 1 N–H and O–H groups in total. The Morgan fingerprint density at radius 2 is 1.05 bits per heavy atom. The first kappa shape index (κ1) is 29.8. The molecule has 0 aliphatic carbocycles. The van der Waals surface area contributed by atoms with Crippen LogP contribution in [0.5, 0.6) is 0 Å². The van der Waals surface area contributed by atoms with Crippen molar-refractivity contribution in [3.63, 3.8) is 0 Å². The van der Waals surface area contributed by atoms with Crippen LogP contribution < -0.4 is 39.8 Å². The number of nitrogens with one attached hydrogen (secondary N) is 1. The number of thiazole rings is 1. The van der Waals surface area contributed by atoms with Crippen molar-refractivity contribution < 1.29 is 33.1 Å². The molecular formula is C34H26ClN2O5PS. The number of hydrogen-bond donors (Lipinski definition) is 1. The molecule has 1 heterocycles. The van der Waals surface area contributed by atoms with E-state index >= 15 is 0 Å². The summed E-state index contributed by atoms with van der Waals surface area (Å²) in [7, 11) is -5.08. The summed E-state index contributed by atoms with van der Waals surface area (Å²) in [6, 6.07) is 44.5. The fourth-order valence-electron chi connectivity index (χ4n) is 5.42. The van der Waals surface area contributed by atoms with Crippen molar-refractivity contribution in [2.45, 2.75) is 0 Å². The minimum absolute atomic E-state index is 0.0502. The zero-order valence-electron chi connectivity index (χ0n) is 23.2. The quantitative estimate of drug-likeness (QED) is 0.243. The minimum atomic E-state index is -5.09. The van der Waals surface area contributed by atoms with Crippen molar-refractivity contribution in [1.82, 2.24) is 4.98 Å². The van der Waals surface area contributed by atoms with Crippen LogP contribution in [0.3, 0.4) is 0 Å². The maximum atomic E-state index is 14.3. The van der Waals surface area contributed by atoms with Crippen LogP contribution in [0.25, 0.3) is 10.6 Å². The molecule has 0 atom stereocenters. The fraction of sp³-hybridized carbons (Fsp3) is 0. The molecule has 1 aromatic heterocycles. The summed E-state index contributed by atoms with van der Waals surface area (Å²) in [5.41, 5.74) is 1.18. The van der Waals surface area contributed by atoms with Gasteiger partial charge in [-0.3, -0.25) is 0 Å². The van der Waals surface area contributed by atoms with Crippen LogP contribution in [-0.4, -0.2) is 10.9 Å². The third kappa shape index (κ3) is 5.23. The van der Waals surface area contributed by atoms with Crippen LogP contribution in [0.1, 0.15) is 10.5 Å². The Labute approximate surface area is 260 Å². The average Bonchev–Trinajstić information content (AvgIpc) is 3.52. The summed E-state index contributed by atoms with van der Waals surface area (Å²) in [4.78, 5) is 19.1. The number of carbonyl (C=O) groups is 1. The second kappa shape index (κ2) is 12.0. The number of halogens is 1. The summed E-state index contributed by atoms with van der Waals surface area (Å²) in [6.45, 7) is -5.09. The first-order valence-corrected chi connectivity index (χ1v) is 17.8. The van der Waals surface area contributed by atoms with E-state index in [2.05, 4.69) is 5.32 Å². The normalized spacial score (nSPS) is 12.7. The Balaban J connectivity index is 1.82. The number of benzene rings is 5. The Bertz CT molecular complexity index is 1770. The van der Waals surface area contributed by atoms with E-state index in [1.54, 1.807) is 115 Å². The first-order chi connectivity index (χ1) is 21.3. The van der Waals surface area contributed by atoms with E-state index in [1.165, 1.54) is 0 Å². The van der Waals surface area contributed by atoms with Gasteiger partial charge in [0.1, 0.15) is 0 Å². The molecule has 0 saturated carbocycles. The van der Waals surface area contributed by atoms with Gasteiger partial charge in [-0.15, -0.1) is 0 Å². The van der Waals surface area contributed by atoms with E-state index in [-0.39, 0.29) is 10.3 Å². The number of hydrogen-bond acceptors (Lipinski definition) is 7. The molecule has 6 rings (SSSR count). The van der Waals surface area contributed by atoms with Gasteiger partial charge in [0.2, 0.25) is 0 Å². The van der Waals surface area contributed by atoms with Gasteiger partial charge in [-0.2, -0.15) is 0 Å². The zero-order valence-corrected chi connectivity index (χ0v) is 25.6. The second-order valence-corrected chi connectivity index (χ2v) is 16.5. The van der Waals surface area contributed by atoms with E-state index in [4.69, 9.17) is 9.06 Å². The predicted octanol–water partition coefficient (Wildman–Crippen LogP) is 3.05. The molecule has 5 aromatic carbocycles. The second-order valence-electron chi connectivity index (χ2n) is 9.85. The Kier molecular flexibility index (Phi) is 8.16. The van der Waals surface area contributed by atoms with Gasteiger partial charge in [0.15, 0.2) is 0 Å². The molecule has 0 saturated heterocycles. The van der Waals surface area contributed by atoms with E-state index in [0.717, 1.165) is 11.3 Å². The molecule has 0 unspecified atom stereocenters. The molecule has 0 fully saturated rings. The molecule has 0 aliphatic heterocycles. The van der Waals surface area contributed by atoms with Gasteiger partial charge < -0.3 is 0 Å². The first-order valence-electron chi connectivity index (χ1n) is 13.6. The number of carbonyl (C=O) groups excluding carboxylic acids is 1. The molecule has 10 heteroatoms. The third-order valence-corrected chi connectivity index (χ3v) is 16.1. The molecule has 44 heavy (non-hydrogen) atoms. The van der Waals surface area contributed by atoms with Crippen molar-refractivity contribution in [1.29, 1.82) is 0 Å². The number of para-hydroxylation sites is 1. The summed E-state index contributed by atoms with van der Waals surface area (Å²) in [6.07, 6.45) is 0. The third-order valence-electron chi connectivity index (χ3n) is 7.23. The molecule has 0 spiro atoms. The molecule has 7 nitrogen and oxygen atoms in total. The van der Waals surface area contributed by atoms with E-state index in [0.29, 0.717) is 32.2 Å². The number of anilines is 1. The fourth-order valence-corrected chi connectivity index (χ4v) is 15.3. The number of aromatic nitrogens is 1. The maximum absolute atomic E-state index is 14.3. The molecule has 1 amide bonds. The van der Waals surface area contributed by atoms with Gasteiger partial charge in [-0.25, -0.2) is 0 Å². The Morgan fingerprint density at radius 3 is 1.48 bits per heavy atom. The predicted molar refractivity (Wildman–Crippen MR) is 168 cm³/mol. The van der Waals surface area contributed by atoms with Crippen LogP contribution in [0.4, 0.5) is 5.69 Å². The monoisotopic (exact) mass is 640 g/mol. The van der Waals surface area contributed by atoms with Crippen molar-refractivity contribution in [3.05, 3.63) is 157 Å². The molecule has 0 bridgehead atoms. The van der Waals surface area contributed by atoms with Gasteiger partial charge in [0.25, 0.3) is 0 Å². The van der Waals surface area contributed by atoms with Crippen molar-refractivity contribution in [2.75, 3.05) is 5.32 Å². The van der Waals surface area contributed by atoms with Gasteiger partial charge in [0.05, 0.1) is 0 Å². The molecule has 6 aromatic rings. The molecule has 0 radical (unpaired) electrons. The standard InChI is InChI=1S/C34H26ClN2O5PS/c38-32(36-27-18-8-2-9-19-27)31-34(44-33(37-31)26-16-6-1-7-17-26)43(42-35(39,40)41,28-20-10-3-11-21-28,29-22-12-4-13-23-29)30-24-14-5-15-25-30/h1-25H,(H,36,38). The number of nitrogens with zero attached hydrogens (tertiary/aromatic N) is 1. The summed E-state index contributed by atoms with van der Waals surface area (Å²) in [5.74, 6) is -0.579. The van der Waals surface area contributed by atoms with Crippen molar-refractivity contribution >= 4 is 50.3 Å². The summed E-state index contributed by atoms with van der Waals surface area (Å²) in [5, 5.41) is 4.62. The van der Waals surface area contributed by atoms with Gasteiger partial charge in [0, 0.05) is 0 Å². The van der Waals surface area contributed by atoms with E-state index < -0.39 is 23.0 Å². The summed E-state index contributed by atoms with van der Waals surface area (Å²) >= 11 is 1.14. The average molecular weight is 641 g/mol. The van der Waals surface area contributed by atoms with Gasteiger partial charge >= 0.3 is 262 Å². The van der Waals surface area contributed by atoms with E-state index in [9.17, 15) is 18.8 Å². The Hall–Kier alpha value is -4.24. The zero-order chi connectivity index (χ0) is 30.6. The SMILES string of the molecule is O=C(Nc1ccccc1)c1nc(-c2ccccc2)sc1P(O[Cl+3]([O-])([O-])[O-])(c1ccccc1)(c1ccccc1)c1ccccc1. The molecule has 0 aliphatic rings. The summed E-state index contributed by atoms with van der Waals surface area (Å²) < 4.78 is 45.7. The van der Waals surface area contributed by atoms with Crippen LogP contribution in [-0.2, 0) is 4.08 Å². The van der Waals surface area contributed by atoms with Gasteiger partial charge in [-0.05, 0) is 0 Å². The van der Waals surface area contributed by atoms with Gasteiger partial charge in [-0.1, -0.05) is 0 Å². The van der Waals surface area contributed by atoms with Crippen molar-refractivity contribution in [2.24, 2.45) is 0 Å². The topological polar surface area (TPSA) is 120 Å². The van der Waals surface area contributed by atoms with Crippen LogP contribution in [0, 0.1) is 10.2 Å². The van der Waals surface area contributed by atoms with Crippen molar-refractivity contribution in [3.8, 4) is 10.6 Å².